The summed E-state index contributed by atoms with van der Waals surface area (Å²) in [7, 11) is 1.29. The van der Waals surface area contributed by atoms with Crippen molar-refractivity contribution in [2.45, 2.75) is 6.92 Å². The molecule has 0 aromatic heterocycles. The van der Waals surface area contributed by atoms with E-state index in [9.17, 15) is 5.11 Å². The van der Waals surface area contributed by atoms with Gasteiger partial charge in [-0.1, -0.05) is 19.1 Å². The molecule has 1 aromatic carbocycles. The van der Waals surface area contributed by atoms with Crippen LogP contribution in [0.15, 0.2) is 24.3 Å². The second-order valence-electron chi connectivity index (χ2n) is 4.70. The minimum Gasteiger partial charge on any atom is -0.497 e. The summed E-state index contributed by atoms with van der Waals surface area (Å²) in [4.78, 5) is 0. The predicted octanol–water partition coefficient (Wildman–Crippen LogP) is 0.436. The van der Waals surface area contributed by atoms with E-state index in [2.05, 4.69) is 0 Å². The standard InChI is InChI=1S/C12H17BO4/c1-12(7-14)8-16-13(17-9-12)10-3-5-11(15-2)6-4-10/h3-6,14H,7-9H2,1-2H3. The van der Waals surface area contributed by atoms with Crippen molar-refractivity contribution in [1.82, 2.24) is 0 Å². The molecule has 0 bridgehead atoms. The molecule has 4 nitrogen and oxygen atoms in total. The van der Waals surface area contributed by atoms with Crippen LogP contribution >= 0.6 is 0 Å². The van der Waals surface area contributed by atoms with Gasteiger partial charge in [0.15, 0.2) is 0 Å². The van der Waals surface area contributed by atoms with Gasteiger partial charge in [0.1, 0.15) is 5.75 Å². The van der Waals surface area contributed by atoms with Gasteiger partial charge in [0.25, 0.3) is 0 Å². The molecule has 1 aliphatic heterocycles. The van der Waals surface area contributed by atoms with Gasteiger partial charge >= 0.3 is 7.12 Å². The first kappa shape index (κ1) is 12.4. The summed E-state index contributed by atoms with van der Waals surface area (Å²) >= 11 is 0. The summed E-state index contributed by atoms with van der Waals surface area (Å²) in [5, 5.41) is 9.20. The van der Waals surface area contributed by atoms with Crippen LogP contribution in [-0.4, -0.2) is 39.2 Å². The van der Waals surface area contributed by atoms with Gasteiger partial charge in [-0.3, -0.25) is 0 Å². The number of aliphatic hydroxyl groups excluding tert-OH is 1. The summed E-state index contributed by atoms with van der Waals surface area (Å²) in [6, 6.07) is 7.60. The number of aliphatic hydroxyl groups is 1. The summed E-state index contributed by atoms with van der Waals surface area (Å²) < 4.78 is 16.3. The molecule has 0 aliphatic carbocycles. The maximum Gasteiger partial charge on any atom is 0.493 e. The third-order valence-electron chi connectivity index (χ3n) is 2.94. The smallest absolute Gasteiger partial charge is 0.493 e. The van der Waals surface area contributed by atoms with E-state index in [0.717, 1.165) is 11.2 Å². The highest BCUT2D eigenvalue weighted by Gasteiger charge is 2.35. The molecule has 0 atom stereocenters. The fourth-order valence-corrected chi connectivity index (χ4v) is 1.69. The summed E-state index contributed by atoms with van der Waals surface area (Å²) in [6.07, 6.45) is 0. The van der Waals surface area contributed by atoms with E-state index >= 15 is 0 Å². The van der Waals surface area contributed by atoms with E-state index in [1.165, 1.54) is 0 Å². The van der Waals surface area contributed by atoms with Gasteiger partial charge in [-0.05, 0) is 17.6 Å². The molecule has 0 radical (unpaired) electrons. The van der Waals surface area contributed by atoms with Gasteiger partial charge in [-0.2, -0.15) is 0 Å². The minimum absolute atomic E-state index is 0.0718. The average molecular weight is 236 g/mol. The van der Waals surface area contributed by atoms with Crippen molar-refractivity contribution in [3.63, 3.8) is 0 Å². The van der Waals surface area contributed by atoms with Crippen molar-refractivity contribution in [3.05, 3.63) is 24.3 Å². The Labute approximate surface area is 102 Å². The lowest BCUT2D eigenvalue weighted by molar-refractivity contribution is -0.0145. The second kappa shape index (κ2) is 5.08. The fourth-order valence-electron chi connectivity index (χ4n) is 1.69. The van der Waals surface area contributed by atoms with E-state index in [1.54, 1.807) is 7.11 Å². The zero-order valence-corrected chi connectivity index (χ0v) is 10.2. The Balaban J connectivity index is 2.00. The topological polar surface area (TPSA) is 47.9 Å². The Morgan fingerprint density at radius 2 is 1.88 bits per heavy atom. The number of rotatable bonds is 3. The Kier molecular flexibility index (Phi) is 3.71. The van der Waals surface area contributed by atoms with Crippen LogP contribution in [0, 0.1) is 5.41 Å². The van der Waals surface area contributed by atoms with Crippen molar-refractivity contribution in [2.75, 3.05) is 26.9 Å². The first-order valence-corrected chi connectivity index (χ1v) is 5.65. The molecule has 1 aliphatic rings. The number of methoxy groups -OCH3 is 1. The Bertz CT molecular complexity index is 357. The molecule has 92 valence electrons. The molecule has 1 N–H and O–H groups in total. The van der Waals surface area contributed by atoms with Gasteiger partial charge < -0.3 is 19.2 Å². The van der Waals surface area contributed by atoms with Crippen molar-refractivity contribution in [1.29, 1.82) is 0 Å². The van der Waals surface area contributed by atoms with Gasteiger partial charge in [0.05, 0.1) is 13.7 Å². The highest BCUT2D eigenvalue weighted by atomic mass is 16.6. The molecule has 1 fully saturated rings. The lowest BCUT2D eigenvalue weighted by Gasteiger charge is -2.34. The maximum atomic E-state index is 9.20. The largest absolute Gasteiger partial charge is 0.497 e. The first-order chi connectivity index (χ1) is 8.17. The SMILES string of the molecule is COc1ccc(B2OCC(C)(CO)CO2)cc1. The van der Waals surface area contributed by atoms with Gasteiger partial charge in [-0.15, -0.1) is 0 Å². The van der Waals surface area contributed by atoms with Crippen LogP contribution in [0.2, 0.25) is 0 Å². The van der Waals surface area contributed by atoms with Gasteiger partial charge in [-0.25, -0.2) is 0 Å². The van der Waals surface area contributed by atoms with Crippen molar-refractivity contribution >= 4 is 12.6 Å². The van der Waals surface area contributed by atoms with Crippen LogP contribution in [0.25, 0.3) is 0 Å². The first-order valence-electron chi connectivity index (χ1n) is 5.65. The molecule has 0 amide bonds. The normalized spacial score (nSPS) is 19.1. The second-order valence-corrected chi connectivity index (χ2v) is 4.70. The van der Waals surface area contributed by atoms with E-state index in [0.29, 0.717) is 13.2 Å². The molecule has 0 spiro atoms. The predicted molar refractivity (Wildman–Crippen MR) is 65.5 cm³/mol. The Morgan fingerprint density at radius 1 is 1.29 bits per heavy atom. The molecule has 0 unspecified atom stereocenters. The third-order valence-corrected chi connectivity index (χ3v) is 2.94. The van der Waals surface area contributed by atoms with Crippen LogP contribution in [0.3, 0.4) is 0 Å². The molecule has 1 aromatic rings. The molecule has 1 heterocycles. The quantitative estimate of drug-likeness (QED) is 0.773. The van der Waals surface area contributed by atoms with E-state index < -0.39 is 0 Å². The Hall–Kier alpha value is -1.04. The summed E-state index contributed by atoms with van der Waals surface area (Å²) in [5.41, 5.74) is 0.675. The molecular formula is C12H17BO4. The molecule has 2 rings (SSSR count). The van der Waals surface area contributed by atoms with Crippen LogP contribution in [0.4, 0.5) is 0 Å². The monoisotopic (exact) mass is 236 g/mol. The van der Waals surface area contributed by atoms with Crippen molar-refractivity contribution in [3.8, 4) is 5.75 Å². The molecular weight excluding hydrogens is 219 g/mol. The van der Waals surface area contributed by atoms with Crippen LogP contribution < -0.4 is 10.2 Å². The molecule has 5 heteroatoms. The van der Waals surface area contributed by atoms with E-state index in [4.69, 9.17) is 14.0 Å². The summed E-state index contributed by atoms with van der Waals surface area (Å²) in [6.45, 7) is 3.01. The van der Waals surface area contributed by atoms with Crippen molar-refractivity contribution in [2.24, 2.45) is 5.41 Å². The highest BCUT2D eigenvalue weighted by Crippen LogP contribution is 2.22. The number of benzene rings is 1. The molecule has 0 saturated carbocycles. The lowest BCUT2D eigenvalue weighted by Crippen LogP contribution is -2.49. The number of ether oxygens (including phenoxy) is 1. The van der Waals surface area contributed by atoms with E-state index in [-0.39, 0.29) is 19.1 Å². The highest BCUT2D eigenvalue weighted by molar-refractivity contribution is 6.61. The average Bonchev–Trinajstić information content (AvgIpc) is 2.40. The zero-order valence-electron chi connectivity index (χ0n) is 10.2. The molecule has 17 heavy (non-hydrogen) atoms. The Morgan fingerprint density at radius 3 is 2.35 bits per heavy atom. The summed E-state index contributed by atoms with van der Waals surface area (Å²) in [5.74, 6) is 0.810. The number of hydrogen-bond donors (Lipinski definition) is 1. The number of hydrogen-bond acceptors (Lipinski definition) is 4. The minimum atomic E-state index is -0.347. The van der Waals surface area contributed by atoms with Gasteiger partial charge in [0, 0.05) is 18.6 Å². The van der Waals surface area contributed by atoms with Crippen LogP contribution in [-0.2, 0) is 9.31 Å². The van der Waals surface area contributed by atoms with Crippen LogP contribution in [0.1, 0.15) is 6.92 Å². The molecule has 1 saturated heterocycles. The zero-order chi connectivity index (χ0) is 12.3. The van der Waals surface area contributed by atoms with Crippen molar-refractivity contribution < 1.29 is 19.2 Å². The maximum absolute atomic E-state index is 9.20. The van der Waals surface area contributed by atoms with E-state index in [1.807, 2.05) is 31.2 Å². The fraction of sp³-hybridized carbons (Fsp3) is 0.500. The van der Waals surface area contributed by atoms with Crippen LogP contribution in [0.5, 0.6) is 5.75 Å². The lowest BCUT2D eigenvalue weighted by atomic mass is 9.76. The van der Waals surface area contributed by atoms with Gasteiger partial charge in [0.2, 0.25) is 0 Å². The third kappa shape index (κ3) is 2.80.